The molecule has 3 aromatic rings. The van der Waals surface area contributed by atoms with E-state index in [1.807, 2.05) is 17.0 Å². The molecule has 210 valence electrons. The summed E-state index contributed by atoms with van der Waals surface area (Å²) >= 11 is 12.5. The fourth-order valence-corrected chi connectivity index (χ4v) is 6.03. The van der Waals surface area contributed by atoms with E-state index in [2.05, 4.69) is 29.2 Å². The molecule has 0 radical (unpaired) electrons. The Morgan fingerprint density at radius 3 is 2.20 bits per heavy atom. The van der Waals surface area contributed by atoms with Crippen LogP contribution in [0.3, 0.4) is 0 Å². The molecule has 2 amide bonds. The van der Waals surface area contributed by atoms with E-state index in [9.17, 15) is 19.8 Å². The van der Waals surface area contributed by atoms with Gasteiger partial charge in [-0.15, -0.1) is 0 Å². The lowest BCUT2D eigenvalue weighted by Gasteiger charge is -2.42. The van der Waals surface area contributed by atoms with Gasteiger partial charge in [0, 0.05) is 44.2 Å². The highest BCUT2D eigenvalue weighted by Gasteiger charge is 2.35. The highest BCUT2D eigenvalue weighted by Crippen LogP contribution is 2.33. The Morgan fingerprint density at radius 2 is 1.52 bits per heavy atom. The van der Waals surface area contributed by atoms with Gasteiger partial charge in [-0.3, -0.25) is 14.5 Å². The largest absolute Gasteiger partial charge is 0.508 e. The van der Waals surface area contributed by atoms with Gasteiger partial charge in [-0.1, -0.05) is 59.6 Å². The molecule has 0 bridgehead atoms. The van der Waals surface area contributed by atoms with Crippen molar-refractivity contribution in [2.75, 3.05) is 32.7 Å². The molecule has 1 unspecified atom stereocenters. The Kier molecular flexibility index (Phi) is 8.84. The first-order valence-electron chi connectivity index (χ1n) is 13.6. The van der Waals surface area contributed by atoms with Gasteiger partial charge in [-0.25, -0.2) is 0 Å². The van der Waals surface area contributed by atoms with E-state index in [1.165, 1.54) is 23.8 Å². The zero-order chi connectivity index (χ0) is 28.2. The zero-order valence-electron chi connectivity index (χ0n) is 22.2. The van der Waals surface area contributed by atoms with Gasteiger partial charge in [0.15, 0.2) is 0 Å². The summed E-state index contributed by atoms with van der Waals surface area (Å²) in [6.07, 6.45) is 2.40. The molecule has 0 aliphatic carbocycles. The lowest BCUT2D eigenvalue weighted by molar-refractivity contribution is -0.137. The van der Waals surface area contributed by atoms with Crippen LogP contribution in [0.5, 0.6) is 11.5 Å². The molecule has 2 N–H and O–H groups in total. The lowest BCUT2D eigenvalue weighted by Crippen LogP contribution is -2.52. The average molecular weight is 583 g/mol. The van der Waals surface area contributed by atoms with Crippen molar-refractivity contribution in [1.82, 2.24) is 14.7 Å². The number of nitrogens with zero attached hydrogens (tertiary/aromatic N) is 3. The molecular weight excluding hydrogens is 549 g/mol. The number of amides is 2. The summed E-state index contributed by atoms with van der Waals surface area (Å²) in [5.41, 5.74) is 2.29. The van der Waals surface area contributed by atoms with Crippen LogP contribution in [0.25, 0.3) is 0 Å². The Hall–Kier alpha value is -3.26. The number of carbonyl (C=O) groups is 2. The molecule has 5 rings (SSSR count). The number of rotatable bonds is 6. The highest BCUT2D eigenvalue weighted by molar-refractivity contribution is 6.42. The van der Waals surface area contributed by atoms with Crippen molar-refractivity contribution in [3.8, 4) is 11.5 Å². The van der Waals surface area contributed by atoms with E-state index in [0.29, 0.717) is 35.5 Å². The SMILES string of the molecule is O=C(c1cc(O)cc(O)c1)N1CCN(C(=O)CC2CCN(Cc3ccccc3)CC2)C(c2ccc(Cl)c(Cl)c2)C1. The van der Waals surface area contributed by atoms with Crippen molar-refractivity contribution >= 4 is 35.0 Å². The molecule has 2 aliphatic heterocycles. The van der Waals surface area contributed by atoms with Crippen LogP contribution >= 0.6 is 23.2 Å². The fourth-order valence-electron chi connectivity index (χ4n) is 5.73. The van der Waals surface area contributed by atoms with Crippen LogP contribution in [0.2, 0.25) is 10.0 Å². The maximum absolute atomic E-state index is 13.7. The first-order valence-corrected chi connectivity index (χ1v) is 14.4. The van der Waals surface area contributed by atoms with Gasteiger partial charge in [-0.05, 0) is 67.2 Å². The number of phenols is 2. The van der Waals surface area contributed by atoms with Crippen LogP contribution < -0.4 is 0 Å². The second kappa shape index (κ2) is 12.5. The predicted octanol–water partition coefficient (Wildman–Crippen LogP) is 5.73. The number of carbonyl (C=O) groups excluding carboxylic acids is 2. The third-order valence-electron chi connectivity index (χ3n) is 7.89. The van der Waals surface area contributed by atoms with Gasteiger partial charge < -0.3 is 20.0 Å². The highest BCUT2D eigenvalue weighted by atomic mass is 35.5. The summed E-state index contributed by atoms with van der Waals surface area (Å²) in [6.45, 7) is 3.81. The molecule has 2 fully saturated rings. The molecule has 9 heteroatoms. The molecule has 2 heterocycles. The number of likely N-dealkylation sites (tertiary alicyclic amines) is 1. The molecule has 1 atom stereocenters. The smallest absolute Gasteiger partial charge is 0.254 e. The van der Waals surface area contributed by atoms with E-state index in [4.69, 9.17) is 23.2 Å². The molecule has 2 aliphatic rings. The van der Waals surface area contributed by atoms with Crippen LogP contribution in [0.1, 0.15) is 46.8 Å². The number of halogens is 2. The molecular formula is C31H33Cl2N3O4. The van der Waals surface area contributed by atoms with Crippen molar-refractivity contribution in [3.63, 3.8) is 0 Å². The maximum Gasteiger partial charge on any atom is 0.254 e. The van der Waals surface area contributed by atoms with Gasteiger partial charge in [-0.2, -0.15) is 0 Å². The number of piperidine rings is 1. The quantitative estimate of drug-likeness (QED) is 0.388. The average Bonchev–Trinajstić information content (AvgIpc) is 2.95. The van der Waals surface area contributed by atoms with E-state index in [0.717, 1.165) is 38.0 Å². The molecule has 7 nitrogen and oxygen atoms in total. The topological polar surface area (TPSA) is 84.3 Å². The molecule has 0 aromatic heterocycles. The van der Waals surface area contributed by atoms with Crippen molar-refractivity contribution in [2.24, 2.45) is 5.92 Å². The molecule has 0 spiro atoms. The van der Waals surface area contributed by atoms with Crippen LogP contribution in [0, 0.1) is 5.92 Å². The summed E-state index contributed by atoms with van der Waals surface area (Å²) in [5.74, 6) is -0.321. The number of piperazine rings is 1. The molecule has 40 heavy (non-hydrogen) atoms. The molecule has 2 saturated heterocycles. The van der Waals surface area contributed by atoms with Crippen molar-refractivity contribution in [1.29, 1.82) is 0 Å². The van der Waals surface area contributed by atoms with Gasteiger partial charge in [0.2, 0.25) is 5.91 Å². The zero-order valence-corrected chi connectivity index (χ0v) is 23.7. The maximum atomic E-state index is 13.7. The number of hydrogen-bond donors (Lipinski definition) is 2. The minimum absolute atomic E-state index is 0.0691. The lowest BCUT2D eigenvalue weighted by atomic mass is 9.91. The summed E-state index contributed by atoms with van der Waals surface area (Å²) in [6, 6.07) is 19.2. The van der Waals surface area contributed by atoms with E-state index in [1.54, 1.807) is 17.0 Å². The molecule has 0 saturated carbocycles. The summed E-state index contributed by atoms with van der Waals surface area (Å²) in [7, 11) is 0. The van der Waals surface area contributed by atoms with E-state index in [-0.39, 0.29) is 35.4 Å². The van der Waals surface area contributed by atoms with Crippen molar-refractivity contribution in [3.05, 3.63) is 93.5 Å². The normalized spacial score (nSPS) is 18.6. The van der Waals surface area contributed by atoms with Gasteiger partial charge >= 0.3 is 0 Å². The van der Waals surface area contributed by atoms with Crippen molar-refractivity contribution in [2.45, 2.75) is 31.8 Å². The number of hydrogen-bond acceptors (Lipinski definition) is 5. The second-order valence-electron chi connectivity index (χ2n) is 10.7. The molecule has 3 aromatic carbocycles. The van der Waals surface area contributed by atoms with Gasteiger partial charge in [0.1, 0.15) is 11.5 Å². The van der Waals surface area contributed by atoms with Crippen LogP contribution in [0.15, 0.2) is 66.7 Å². The standard InChI is InChI=1S/C31H33Cl2N3O4/c32-27-7-6-23(17-28(27)33)29-20-35(31(40)24-15-25(37)18-26(38)16-24)12-13-36(29)30(39)14-21-8-10-34(11-9-21)19-22-4-2-1-3-5-22/h1-7,15-18,21,29,37-38H,8-14,19-20H2. The van der Waals surface area contributed by atoms with Crippen LogP contribution in [0.4, 0.5) is 0 Å². The van der Waals surface area contributed by atoms with Crippen molar-refractivity contribution < 1.29 is 19.8 Å². The van der Waals surface area contributed by atoms with Crippen LogP contribution in [-0.4, -0.2) is 69.5 Å². The van der Waals surface area contributed by atoms with E-state index < -0.39 is 6.04 Å². The predicted molar refractivity (Wildman–Crippen MR) is 156 cm³/mol. The number of benzene rings is 3. The number of phenolic OH excluding ortho intramolecular Hbond substituents is 2. The third-order valence-corrected chi connectivity index (χ3v) is 8.62. The van der Waals surface area contributed by atoms with E-state index >= 15 is 0 Å². The summed E-state index contributed by atoms with van der Waals surface area (Å²) < 4.78 is 0. The monoisotopic (exact) mass is 581 g/mol. The Labute approximate surface area is 244 Å². The minimum Gasteiger partial charge on any atom is -0.508 e. The first kappa shape index (κ1) is 28.3. The van der Waals surface area contributed by atoms with Gasteiger partial charge in [0.25, 0.3) is 5.91 Å². The summed E-state index contributed by atoms with van der Waals surface area (Å²) in [5, 5.41) is 20.6. The summed E-state index contributed by atoms with van der Waals surface area (Å²) in [4.78, 5) is 32.9. The van der Waals surface area contributed by atoms with Gasteiger partial charge in [0.05, 0.1) is 16.1 Å². The Bertz CT molecular complexity index is 1340. The Balaban J connectivity index is 1.27. The third kappa shape index (κ3) is 6.72. The first-order chi connectivity index (χ1) is 19.3. The number of aromatic hydroxyl groups is 2. The minimum atomic E-state index is -0.399. The van der Waals surface area contributed by atoms with Crippen LogP contribution in [-0.2, 0) is 11.3 Å². The Morgan fingerprint density at radius 1 is 0.825 bits per heavy atom. The second-order valence-corrected chi connectivity index (χ2v) is 11.5. The fraction of sp³-hybridized carbons (Fsp3) is 0.355.